The second-order valence-corrected chi connectivity index (χ2v) is 10.7. The molecule has 2 N–H and O–H groups in total. The molecule has 10 heteroatoms. The Balaban J connectivity index is 1.36. The minimum absolute atomic E-state index is 0.171. The van der Waals surface area contributed by atoms with Crippen LogP contribution in [-0.4, -0.2) is 67.2 Å². The lowest BCUT2D eigenvalue weighted by Gasteiger charge is -2.47. The van der Waals surface area contributed by atoms with Gasteiger partial charge in [0.15, 0.2) is 0 Å². The molecule has 0 radical (unpaired) electrons. The third kappa shape index (κ3) is 4.53. The van der Waals surface area contributed by atoms with Crippen LogP contribution in [0.4, 0.5) is 10.1 Å². The van der Waals surface area contributed by atoms with Crippen LogP contribution in [0.3, 0.4) is 0 Å². The number of benzene rings is 2. The predicted molar refractivity (Wildman–Crippen MR) is 139 cm³/mol. The first-order chi connectivity index (χ1) is 17.6. The number of morpholine rings is 1. The zero-order chi connectivity index (χ0) is 26.4. The number of nitrogens with zero attached hydrogens (tertiary/aromatic N) is 2. The van der Waals surface area contributed by atoms with Crippen LogP contribution >= 0.6 is 0 Å². The van der Waals surface area contributed by atoms with Crippen LogP contribution < -0.4 is 10.6 Å². The van der Waals surface area contributed by atoms with Gasteiger partial charge >= 0.3 is 0 Å². The van der Waals surface area contributed by atoms with Crippen molar-refractivity contribution < 1.29 is 23.5 Å². The molecule has 2 saturated heterocycles. The molecule has 0 saturated carbocycles. The van der Waals surface area contributed by atoms with Gasteiger partial charge in [-0.2, -0.15) is 0 Å². The monoisotopic (exact) mass is 506 g/mol. The third-order valence-electron chi connectivity index (χ3n) is 7.84. The summed E-state index contributed by atoms with van der Waals surface area (Å²) < 4.78 is 20.4. The molecule has 0 bridgehead atoms. The van der Waals surface area contributed by atoms with Gasteiger partial charge in [-0.1, -0.05) is 18.2 Å². The molecule has 5 rings (SSSR count). The Kier molecular flexibility index (Phi) is 6.58. The van der Waals surface area contributed by atoms with E-state index in [-0.39, 0.29) is 37.0 Å². The standard InChI is InChI=1S/C27H32BFN4O4/c1-26(9-8-22(34)31-25(26)36)33-24(35)19-4-3-5-21(23(19)27(33,2)28)30-15-18-7-6-17(14-20(18)29)16-32-10-12-37-13-11-32/h3-7,14,30H,8-13,15-16,28H2,1-2H3,(H,31,34,36). The van der Waals surface area contributed by atoms with Crippen molar-refractivity contribution in [3.05, 3.63) is 64.5 Å². The molecule has 3 amide bonds. The smallest absolute Gasteiger partial charge is 0.255 e. The number of hydrogen-bond donors (Lipinski definition) is 2. The second kappa shape index (κ2) is 9.57. The van der Waals surface area contributed by atoms with Gasteiger partial charge in [-0.05, 0) is 44.0 Å². The Morgan fingerprint density at radius 2 is 1.89 bits per heavy atom. The lowest BCUT2D eigenvalue weighted by atomic mass is 9.70. The van der Waals surface area contributed by atoms with E-state index in [0.717, 1.165) is 24.2 Å². The van der Waals surface area contributed by atoms with Crippen molar-refractivity contribution in [3.63, 3.8) is 0 Å². The SMILES string of the molecule is BC1(C)c2c(NCc3ccc(CN4CCOCC4)cc3F)cccc2C(=O)N1C1(C)CCC(=O)NC1=O. The van der Waals surface area contributed by atoms with E-state index in [2.05, 4.69) is 15.5 Å². The molecule has 2 unspecified atom stereocenters. The van der Waals surface area contributed by atoms with E-state index in [1.807, 2.05) is 26.9 Å². The summed E-state index contributed by atoms with van der Waals surface area (Å²) in [5, 5.41) is 5.72. The maximum Gasteiger partial charge on any atom is 0.255 e. The fourth-order valence-electron chi connectivity index (χ4n) is 5.91. The topological polar surface area (TPSA) is 91.0 Å². The molecule has 2 aromatic carbocycles. The van der Waals surface area contributed by atoms with Gasteiger partial charge < -0.3 is 15.0 Å². The molecule has 2 atom stereocenters. The summed E-state index contributed by atoms with van der Waals surface area (Å²) in [6.07, 6.45) is 0.427. The van der Waals surface area contributed by atoms with E-state index >= 15 is 4.39 Å². The zero-order valence-electron chi connectivity index (χ0n) is 21.5. The molecule has 2 aromatic rings. The van der Waals surface area contributed by atoms with Gasteiger partial charge in [0.05, 0.1) is 13.2 Å². The zero-order valence-corrected chi connectivity index (χ0v) is 21.5. The molecular formula is C27H32BFN4O4. The average molecular weight is 506 g/mol. The number of carbonyl (C=O) groups is 3. The molecule has 8 nitrogen and oxygen atoms in total. The van der Waals surface area contributed by atoms with Crippen LogP contribution in [0, 0.1) is 5.82 Å². The van der Waals surface area contributed by atoms with Crippen molar-refractivity contribution in [2.45, 2.75) is 50.8 Å². The number of fused-ring (bicyclic) bond motifs is 1. The van der Waals surface area contributed by atoms with Gasteiger partial charge in [-0.15, -0.1) is 0 Å². The molecule has 37 heavy (non-hydrogen) atoms. The van der Waals surface area contributed by atoms with Gasteiger partial charge in [-0.3, -0.25) is 24.6 Å². The third-order valence-corrected chi connectivity index (χ3v) is 7.84. The molecule has 3 aliphatic heterocycles. The van der Waals surface area contributed by atoms with Crippen molar-refractivity contribution >= 4 is 31.3 Å². The Hall–Kier alpha value is -3.24. The molecule has 0 spiro atoms. The van der Waals surface area contributed by atoms with Crippen molar-refractivity contribution in [3.8, 4) is 0 Å². The van der Waals surface area contributed by atoms with Crippen molar-refractivity contribution in [1.82, 2.24) is 15.1 Å². The number of carbonyl (C=O) groups excluding carboxylic acids is 3. The van der Waals surface area contributed by atoms with E-state index < -0.39 is 16.9 Å². The van der Waals surface area contributed by atoms with Gasteiger partial charge in [0, 0.05) is 60.4 Å². The predicted octanol–water partition coefficient (Wildman–Crippen LogP) is 1.73. The Morgan fingerprint density at radius 3 is 2.59 bits per heavy atom. The number of nitrogens with one attached hydrogen (secondary N) is 2. The van der Waals surface area contributed by atoms with Crippen LogP contribution in [-0.2, 0) is 32.9 Å². The highest BCUT2D eigenvalue weighted by molar-refractivity contribution is 6.23. The van der Waals surface area contributed by atoms with E-state index in [4.69, 9.17) is 4.74 Å². The number of piperidine rings is 1. The molecular weight excluding hydrogens is 474 g/mol. The van der Waals surface area contributed by atoms with Crippen LogP contribution in [0.15, 0.2) is 36.4 Å². The van der Waals surface area contributed by atoms with Crippen LogP contribution in [0.25, 0.3) is 0 Å². The number of amides is 3. The lowest BCUT2D eigenvalue weighted by molar-refractivity contribution is -0.143. The molecule has 2 fully saturated rings. The van der Waals surface area contributed by atoms with Crippen LogP contribution in [0.2, 0.25) is 0 Å². The van der Waals surface area contributed by atoms with E-state index in [9.17, 15) is 14.4 Å². The number of anilines is 1. The first-order valence-corrected chi connectivity index (χ1v) is 12.7. The van der Waals surface area contributed by atoms with Crippen molar-refractivity contribution in [2.24, 2.45) is 0 Å². The number of ether oxygens (including phenoxy) is 1. The Bertz CT molecular complexity index is 1260. The number of imide groups is 1. The molecule has 3 aliphatic rings. The summed E-state index contributed by atoms with van der Waals surface area (Å²) in [4.78, 5) is 42.1. The maximum atomic E-state index is 15.0. The fraction of sp³-hybridized carbons (Fsp3) is 0.444. The first kappa shape index (κ1) is 25.4. The normalized spacial score (nSPS) is 26.2. The summed E-state index contributed by atoms with van der Waals surface area (Å²) >= 11 is 0. The highest BCUT2D eigenvalue weighted by atomic mass is 19.1. The minimum Gasteiger partial charge on any atom is -0.381 e. The molecule has 3 heterocycles. The fourth-order valence-corrected chi connectivity index (χ4v) is 5.91. The van der Waals surface area contributed by atoms with Gasteiger partial charge in [0.2, 0.25) is 5.91 Å². The molecule has 194 valence electrons. The van der Waals surface area contributed by atoms with E-state index in [1.165, 1.54) is 0 Å². The molecule has 0 aliphatic carbocycles. The summed E-state index contributed by atoms with van der Waals surface area (Å²) in [6.45, 7) is 7.62. The lowest BCUT2D eigenvalue weighted by Crippen LogP contribution is -2.65. The highest BCUT2D eigenvalue weighted by Crippen LogP contribution is 2.46. The molecule has 0 aromatic heterocycles. The van der Waals surface area contributed by atoms with Crippen LogP contribution in [0.5, 0.6) is 0 Å². The second-order valence-electron chi connectivity index (χ2n) is 10.7. The number of hydrogen-bond acceptors (Lipinski definition) is 6. The number of halogens is 1. The minimum atomic E-state index is -1.16. The Labute approximate surface area is 216 Å². The quantitative estimate of drug-likeness (QED) is 0.458. The van der Waals surface area contributed by atoms with E-state index in [1.54, 1.807) is 36.1 Å². The van der Waals surface area contributed by atoms with Crippen molar-refractivity contribution in [1.29, 1.82) is 0 Å². The van der Waals surface area contributed by atoms with Gasteiger partial charge in [-0.25, -0.2) is 4.39 Å². The van der Waals surface area contributed by atoms with Gasteiger partial charge in [0.25, 0.3) is 11.8 Å². The Morgan fingerprint density at radius 1 is 1.14 bits per heavy atom. The summed E-state index contributed by atoms with van der Waals surface area (Å²) in [5.74, 6) is -1.33. The average Bonchev–Trinajstić information content (AvgIpc) is 3.08. The number of rotatable bonds is 6. The summed E-state index contributed by atoms with van der Waals surface area (Å²) in [6, 6.07) is 10.7. The van der Waals surface area contributed by atoms with Crippen molar-refractivity contribution in [2.75, 3.05) is 31.6 Å². The summed E-state index contributed by atoms with van der Waals surface area (Å²) in [7, 11) is 1.90. The maximum absolute atomic E-state index is 15.0. The van der Waals surface area contributed by atoms with Crippen LogP contribution in [0.1, 0.15) is 53.7 Å². The van der Waals surface area contributed by atoms with Gasteiger partial charge in [0.1, 0.15) is 19.2 Å². The first-order valence-electron chi connectivity index (χ1n) is 12.7. The largest absolute Gasteiger partial charge is 0.381 e. The highest BCUT2D eigenvalue weighted by Gasteiger charge is 2.56. The summed E-state index contributed by atoms with van der Waals surface area (Å²) in [5.41, 5.74) is 1.43. The van der Waals surface area contributed by atoms with E-state index in [0.29, 0.717) is 36.6 Å².